The average Bonchev–Trinajstić information content (AvgIpc) is 2.53. The molecule has 2 rings (SSSR count). The first-order chi connectivity index (χ1) is 11.0. The van der Waals surface area contributed by atoms with Crippen molar-refractivity contribution in [3.8, 4) is 0 Å². The molecule has 23 heavy (non-hydrogen) atoms. The second kappa shape index (κ2) is 8.51. The van der Waals surface area contributed by atoms with Gasteiger partial charge in [-0.25, -0.2) is 4.79 Å². The Kier molecular flexibility index (Phi) is 6.39. The Morgan fingerprint density at radius 1 is 1.35 bits per heavy atom. The largest absolute Gasteiger partial charge is 0.340 e. The van der Waals surface area contributed by atoms with E-state index in [2.05, 4.69) is 12.1 Å². The molecule has 0 aromatic heterocycles. The molecule has 4 nitrogen and oxygen atoms in total. The van der Waals surface area contributed by atoms with Crippen molar-refractivity contribution >= 4 is 11.9 Å². The third kappa shape index (κ3) is 5.89. The summed E-state index contributed by atoms with van der Waals surface area (Å²) < 4.78 is 0. The molecule has 1 unspecified atom stereocenters. The molecular weight excluding hydrogens is 290 g/mol. The monoisotopic (exact) mass is 315 g/mol. The molecule has 4 heteroatoms. The minimum atomic E-state index is -0.446. The fraction of sp³-hybridized carbons (Fsp3) is 0.474. The van der Waals surface area contributed by atoms with E-state index in [1.165, 1.54) is 5.57 Å². The molecule has 1 fully saturated rings. The third-order valence-electron chi connectivity index (χ3n) is 4.37. The van der Waals surface area contributed by atoms with Crippen molar-refractivity contribution < 1.29 is 14.4 Å². The van der Waals surface area contributed by atoms with E-state index in [1.807, 2.05) is 31.2 Å². The number of aryl methyl sites for hydroxylation is 1. The minimum Gasteiger partial charge on any atom is -0.340 e. The summed E-state index contributed by atoms with van der Waals surface area (Å²) in [6, 6.07) is 7.63. The van der Waals surface area contributed by atoms with Gasteiger partial charge in [-0.15, -0.1) is 0 Å². The summed E-state index contributed by atoms with van der Waals surface area (Å²) in [6.45, 7) is 5.97. The zero-order valence-corrected chi connectivity index (χ0v) is 13.8. The highest BCUT2D eigenvalue weighted by molar-refractivity contribution is 5.78. The molecule has 1 N–H and O–H groups in total. The van der Waals surface area contributed by atoms with Crippen LogP contribution in [0.5, 0.6) is 0 Å². The number of hydrogen-bond acceptors (Lipinski definition) is 3. The van der Waals surface area contributed by atoms with Gasteiger partial charge < -0.3 is 4.84 Å². The highest BCUT2D eigenvalue weighted by atomic mass is 16.7. The lowest BCUT2D eigenvalue weighted by atomic mass is 9.83. The van der Waals surface area contributed by atoms with Crippen molar-refractivity contribution in [3.05, 3.63) is 47.5 Å². The molecule has 0 radical (unpaired) electrons. The molecule has 0 heterocycles. The van der Waals surface area contributed by atoms with E-state index in [1.54, 1.807) is 0 Å². The van der Waals surface area contributed by atoms with Gasteiger partial charge in [0.2, 0.25) is 0 Å². The molecule has 1 amide bonds. The molecule has 0 spiro atoms. The molecule has 1 saturated carbocycles. The zero-order valence-electron chi connectivity index (χ0n) is 13.8. The van der Waals surface area contributed by atoms with E-state index in [4.69, 9.17) is 4.84 Å². The van der Waals surface area contributed by atoms with Crippen molar-refractivity contribution in [3.63, 3.8) is 0 Å². The van der Waals surface area contributed by atoms with Crippen LogP contribution in [0.25, 0.3) is 0 Å². The molecule has 1 aromatic rings. The number of hydrogen-bond donors (Lipinski definition) is 1. The van der Waals surface area contributed by atoms with Crippen molar-refractivity contribution in [1.82, 2.24) is 5.48 Å². The maximum Gasteiger partial charge on any atom is 0.336 e. The number of hydroxylamine groups is 1. The van der Waals surface area contributed by atoms with Crippen LogP contribution >= 0.6 is 0 Å². The maximum atomic E-state index is 11.8. The van der Waals surface area contributed by atoms with Crippen LogP contribution in [0, 0.1) is 12.8 Å². The van der Waals surface area contributed by atoms with Gasteiger partial charge in [-0.3, -0.25) is 4.79 Å². The highest BCUT2D eigenvalue weighted by Crippen LogP contribution is 2.30. The van der Waals surface area contributed by atoms with Crippen LogP contribution in [-0.4, -0.2) is 11.9 Å². The zero-order chi connectivity index (χ0) is 16.7. The van der Waals surface area contributed by atoms with Gasteiger partial charge in [0.25, 0.3) is 5.91 Å². The Morgan fingerprint density at radius 3 is 2.87 bits per heavy atom. The van der Waals surface area contributed by atoms with Gasteiger partial charge in [0.1, 0.15) is 0 Å². The lowest BCUT2D eigenvalue weighted by Crippen LogP contribution is -2.28. The minimum absolute atomic E-state index is 0.162. The van der Waals surface area contributed by atoms with Crippen molar-refractivity contribution in [1.29, 1.82) is 0 Å². The van der Waals surface area contributed by atoms with Crippen LogP contribution in [0.1, 0.15) is 49.7 Å². The summed E-state index contributed by atoms with van der Waals surface area (Å²) in [5, 5.41) is 0. The Morgan fingerprint density at radius 2 is 2.13 bits per heavy atom. The summed E-state index contributed by atoms with van der Waals surface area (Å²) in [5.41, 5.74) is 5.49. The lowest BCUT2D eigenvalue weighted by Gasteiger charge is -2.23. The van der Waals surface area contributed by atoms with Crippen LogP contribution in [0.3, 0.4) is 0 Å². The predicted molar refractivity (Wildman–Crippen MR) is 89.4 cm³/mol. The van der Waals surface area contributed by atoms with Gasteiger partial charge in [0, 0.05) is 6.42 Å². The van der Waals surface area contributed by atoms with Crippen LogP contribution in [0.15, 0.2) is 36.4 Å². The van der Waals surface area contributed by atoms with E-state index in [9.17, 15) is 9.59 Å². The average molecular weight is 315 g/mol. The molecular formula is C19H25NO3. The maximum absolute atomic E-state index is 11.8. The molecule has 0 bridgehead atoms. The van der Waals surface area contributed by atoms with Gasteiger partial charge in [-0.2, -0.15) is 5.48 Å². The predicted octanol–water partition coefficient (Wildman–Crippen LogP) is 3.64. The number of amides is 1. The molecule has 1 atom stereocenters. The van der Waals surface area contributed by atoms with Crippen molar-refractivity contribution in [2.45, 2.75) is 51.9 Å². The van der Waals surface area contributed by atoms with Crippen LogP contribution in [0.2, 0.25) is 0 Å². The molecule has 1 aliphatic carbocycles. The first kappa shape index (κ1) is 17.3. The fourth-order valence-electron chi connectivity index (χ4n) is 3.00. The quantitative estimate of drug-likeness (QED) is 0.666. The number of carbonyl (C=O) groups excluding carboxylic acids is 2. The second-order valence-corrected chi connectivity index (χ2v) is 6.35. The number of nitrogens with one attached hydrogen (secondary N) is 1. The summed E-state index contributed by atoms with van der Waals surface area (Å²) >= 11 is 0. The molecule has 1 aliphatic rings. The summed E-state index contributed by atoms with van der Waals surface area (Å²) in [5.74, 6) is -0.150. The van der Waals surface area contributed by atoms with Crippen LogP contribution < -0.4 is 5.48 Å². The molecule has 1 aromatic carbocycles. The third-order valence-corrected chi connectivity index (χ3v) is 4.37. The second-order valence-electron chi connectivity index (χ2n) is 6.35. The standard InChI is InChI=1S/C19H25NO3/c1-14-6-5-8-16(12-14)10-11-18(21)20-23-19(22)13-17-9-4-3-7-15(17)2/h3-4,7,9,16H,1,5-6,8,10-13H2,2H3,(H,20,21). The van der Waals surface area contributed by atoms with Crippen molar-refractivity contribution in [2.75, 3.05) is 0 Å². The summed E-state index contributed by atoms with van der Waals surface area (Å²) in [4.78, 5) is 28.4. The van der Waals surface area contributed by atoms with E-state index in [-0.39, 0.29) is 12.3 Å². The highest BCUT2D eigenvalue weighted by Gasteiger charge is 2.17. The smallest absolute Gasteiger partial charge is 0.336 e. The number of rotatable bonds is 5. The lowest BCUT2D eigenvalue weighted by molar-refractivity contribution is -0.157. The summed E-state index contributed by atoms with van der Waals surface area (Å²) in [7, 11) is 0. The van der Waals surface area contributed by atoms with Gasteiger partial charge in [0.15, 0.2) is 0 Å². The van der Waals surface area contributed by atoms with Gasteiger partial charge in [0.05, 0.1) is 6.42 Å². The fourth-order valence-corrected chi connectivity index (χ4v) is 3.00. The summed E-state index contributed by atoms with van der Waals surface area (Å²) in [6.07, 6.45) is 5.81. The number of allylic oxidation sites excluding steroid dienone is 1. The Labute approximate surface area is 137 Å². The van der Waals surface area contributed by atoms with E-state index in [0.29, 0.717) is 12.3 Å². The van der Waals surface area contributed by atoms with E-state index >= 15 is 0 Å². The SMILES string of the molecule is C=C1CCCC(CCC(=O)NOC(=O)Cc2ccccc2C)C1. The first-order valence-electron chi connectivity index (χ1n) is 8.24. The Bertz CT molecular complexity index is 580. The molecule has 0 aliphatic heterocycles. The van der Waals surface area contributed by atoms with Gasteiger partial charge >= 0.3 is 5.97 Å². The van der Waals surface area contributed by atoms with Gasteiger partial charge in [-0.1, -0.05) is 36.4 Å². The van der Waals surface area contributed by atoms with Crippen molar-refractivity contribution in [2.24, 2.45) is 5.92 Å². The molecule has 0 saturated heterocycles. The Hall–Kier alpha value is -2.10. The Balaban J connectivity index is 1.66. The van der Waals surface area contributed by atoms with Crippen LogP contribution in [-0.2, 0) is 20.8 Å². The van der Waals surface area contributed by atoms with Gasteiger partial charge in [-0.05, 0) is 56.1 Å². The van der Waals surface area contributed by atoms with E-state index in [0.717, 1.165) is 43.2 Å². The normalized spacial score (nSPS) is 17.6. The topological polar surface area (TPSA) is 55.4 Å². The first-order valence-corrected chi connectivity index (χ1v) is 8.24. The van der Waals surface area contributed by atoms with E-state index < -0.39 is 5.97 Å². The number of benzene rings is 1. The molecule has 124 valence electrons. The number of carbonyl (C=O) groups is 2. The van der Waals surface area contributed by atoms with Crippen LogP contribution in [0.4, 0.5) is 0 Å².